The summed E-state index contributed by atoms with van der Waals surface area (Å²) in [6.07, 6.45) is 1.59. The van der Waals surface area contributed by atoms with Gasteiger partial charge in [-0.15, -0.1) is 0 Å². The van der Waals surface area contributed by atoms with Crippen molar-refractivity contribution in [3.63, 3.8) is 0 Å². The first kappa shape index (κ1) is 19.2. The molecule has 0 aliphatic carbocycles. The number of primary amides is 1. The number of ether oxygens (including phenoxy) is 2. The molecule has 8 nitrogen and oxygen atoms in total. The molecular formula is C19H17N3O5S. The van der Waals surface area contributed by atoms with E-state index in [1.54, 1.807) is 42.6 Å². The van der Waals surface area contributed by atoms with E-state index in [4.69, 9.17) is 15.2 Å². The molecular weight excluding hydrogens is 382 g/mol. The van der Waals surface area contributed by atoms with Crippen molar-refractivity contribution in [2.75, 3.05) is 11.8 Å². The fourth-order valence-corrected chi connectivity index (χ4v) is 3.49. The third kappa shape index (κ3) is 4.38. The Balaban J connectivity index is 1.86. The molecule has 0 aliphatic heterocycles. The standard InChI is InChI=1S/C19H17N3O5S/c1-26-17-9-8-15(12-16(17)19(20)23)28(24,25)22-13-5-4-6-14(11-13)27-18-7-2-3-10-21-18/h2-12,22H,1H3,(H2,20,23). The van der Waals surface area contributed by atoms with Gasteiger partial charge in [0.2, 0.25) is 5.88 Å². The minimum Gasteiger partial charge on any atom is -0.496 e. The van der Waals surface area contributed by atoms with Crippen LogP contribution in [0.1, 0.15) is 10.4 Å². The summed E-state index contributed by atoms with van der Waals surface area (Å²) in [5.41, 5.74) is 5.54. The first-order valence-electron chi connectivity index (χ1n) is 8.08. The van der Waals surface area contributed by atoms with Gasteiger partial charge < -0.3 is 15.2 Å². The second-order valence-corrected chi connectivity index (χ2v) is 7.31. The van der Waals surface area contributed by atoms with Crippen molar-refractivity contribution in [3.05, 3.63) is 72.4 Å². The second-order valence-electron chi connectivity index (χ2n) is 5.63. The Labute approximate surface area is 162 Å². The topological polar surface area (TPSA) is 121 Å². The van der Waals surface area contributed by atoms with Crippen LogP contribution in [0.5, 0.6) is 17.4 Å². The number of hydrogen-bond donors (Lipinski definition) is 2. The molecule has 0 radical (unpaired) electrons. The number of aromatic nitrogens is 1. The molecule has 0 atom stereocenters. The molecule has 9 heteroatoms. The first-order valence-corrected chi connectivity index (χ1v) is 9.57. The Morgan fingerprint density at radius 3 is 2.57 bits per heavy atom. The van der Waals surface area contributed by atoms with Crippen LogP contribution < -0.4 is 19.9 Å². The summed E-state index contributed by atoms with van der Waals surface area (Å²) >= 11 is 0. The number of amides is 1. The third-order valence-corrected chi connectivity index (χ3v) is 5.07. The highest BCUT2D eigenvalue weighted by molar-refractivity contribution is 7.92. The normalized spacial score (nSPS) is 10.9. The number of hydrogen-bond acceptors (Lipinski definition) is 6. The number of sulfonamides is 1. The lowest BCUT2D eigenvalue weighted by Crippen LogP contribution is -2.16. The van der Waals surface area contributed by atoms with Gasteiger partial charge in [0.25, 0.3) is 15.9 Å². The minimum atomic E-state index is -3.97. The Morgan fingerprint density at radius 1 is 1.07 bits per heavy atom. The lowest BCUT2D eigenvalue weighted by atomic mass is 10.2. The van der Waals surface area contributed by atoms with Crippen molar-refractivity contribution >= 4 is 21.6 Å². The van der Waals surface area contributed by atoms with Gasteiger partial charge in [-0.05, 0) is 36.4 Å². The number of nitrogens with one attached hydrogen (secondary N) is 1. The molecule has 2 aromatic carbocycles. The lowest BCUT2D eigenvalue weighted by Gasteiger charge is -2.12. The van der Waals surface area contributed by atoms with E-state index in [1.807, 2.05) is 0 Å². The maximum Gasteiger partial charge on any atom is 0.261 e. The van der Waals surface area contributed by atoms with Gasteiger partial charge in [0.15, 0.2) is 0 Å². The van der Waals surface area contributed by atoms with Gasteiger partial charge in [-0.25, -0.2) is 13.4 Å². The maximum atomic E-state index is 12.7. The van der Waals surface area contributed by atoms with Crippen molar-refractivity contribution in [2.45, 2.75) is 4.90 Å². The van der Waals surface area contributed by atoms with Crippen LogP contribution in [0.2, 0.25) is 0 Å². The predicted octanol–water partition coefficient (Wildman–Crippen LogP) is 2.78. The number of rotatable bonds is 7. The summed E-state index contributed by atoms with van der Waals surface area (Å²) in [5, 5.41) is 0. The SMILES string of the molecule is COc1ccc(S(=O)(=O)Nc2cccc(Oc3ccccn3)c2)cc1C(N)=O. The fraction of sp³-hybridized carbons (Fsp3) is 0.0526. The molecule has 1 amide bonds. The molecule has 0 fully saturated rings. The van der Waals surface area contributed by atoms with Gasteiger partial charge in [-0.1, -0.05) is 12.1 Å². The van der Waals surface area contributed by atoms with Crippen LogP contribution in [0.25, 0.3) is 0 Å². The molecule has 0 saturated heterocycles. The van der Waals surface area contributed by atoms with Crippen LogP contribution in [-0.4, -0.2) is 26.4 Å². The summed E-state index contributed by atoms with van der Waals surface area (Å²) in [6, 6.07) is 15.5. The quantitative estimate of drug-likeness (QED) is 0.630. The molecule has 0 saturated carbocycles. The van der Waals surface area contributed by atoms with Crippen LogP contribution in [0, 0.1) is 0 Å². The van der Waals surface area contributed by atoms with Crippen LogP contribution in [0.3, 0.4) is 0 Å². The van der Waals surface area contributed by atoms with E-state index < -0.39 is 15.9 Å². The van der Waals surface area contributed by atoms with Gasteiger partial charge in [0, 0.05) is 18.3 Å². The maximum absolute atomic E-state index is 12.7. The molecule has 1 heterocycles. The number of anilines is 1. The van der Waals surface area contributed by atoms with Crippen LogP contribution >= 0.6 is 0 Å². The molecule has 28 heavy (non-hydrogen) atoms. The highest BCUT2D eigenvalue weighted by Gasteiger charge is 2.19. The Hall–Kier alpha value is -3.59. The van der Waals surface area contributed by atoms with Gasteiger partial charge in [0.05, 0.1) is 23.3 Å². The van der Waals surface area contributed by atoms with E-state index in [-0.39, 0.29) is 21.9 Å². The molecule has 1 aromatic heterocycles. The molecule has 0 spiro atoms. The summed E-state index contributed by atoms with van der Waals surface area (Å²) in [7, 11) is -2.61. The second kappa shape index (κ2) is 7.97. The van der Waals surface area contributed by atoms with E-state index in [0.29, 0.717) is 11.6 Å². The van der Waals surface area contributed by atoms with E-state index in [9.17, 15) is 13.2 Å². The summed E-state index contributed by atoms with van der Waals surface area (Å²) < 4.78 is 38.4. The highest BCUT2D eigenvalue weighted by Crippen LogP contribution is 2.26. The van der Waals surface area contributed by atoms with Crippen molar-refractivity contribution in [1.82, 2.24) is 4.98 Å². The molecule has 0 aliphatic rings. The zero-order chi connectivity index (χ0) is 20.1. The van der Waals surface area contributed by atoms with E-state index in [0.717, 1.165) is 6.07 Å². The van der Waals surface area contributed by atoms with E-state index in [1.165, 1.54) is 25.3 Å². The van der Waals surface area contributed by atoms with Gasteiger partial charge in [-0.3, -0.25) is 9.52 Å². The number of methoxy groups -OCH3 is 1. The predicted molar refractivity (Wildman–Crippen MR) is 103 cm³/mol. The summed E-state index contributed by atoms with van der Waals surface area (Å²) in [4.78, 5) is 15.5. The third-order valence-electron chi connectivity index (χ3n) is 3.69. The average molecular weight is 399 g/mol. The number of pyridine rings is 1. The molecule has 3 rings (SSSR count). The Bertz CT molecular complexity index is 1100. The van der Waals surface area contributed by atoms with Gasteiger partial charge >= 0.3 is 0 Å². The summed E-state index contributed by atoms with van der Waals surface area (Å²) in [5.74, 6) is 0.187. The van der Waals surface area contributed by atoms with E-state index >= 15 is 0 Å². The zero-order valence-corrected chi connectivity index (χ0v) is 15.6. The van der Waals surface area contributed by atoms with Gasteiger partial charge in [-0.2, -0.15) is 0 Å². The molecule has 3 N–H and O–H groups in total. The number of nitrogens with zero attached hydrogens (tertiary/aromatic N) is 1. The van der Waals surface area contributed by atoms with Crippen molar-refractivity contribution in [3.8, 4) is 17.4 Å². The Kier molecular flexibility index (Phi) is 5.46. The minimum absolute atomic E-state index is 0.0300. The van der Waals surface area contributed by atoms with Crippen LogP contribution in [0.4, 0.5) is 5.69 Å². The number of carbonyl (C=O) groups is 1. The highest BCUT2D eigenvalue weighted by atomic mass is 32.2. The summed E-state index contributed by atoms with van der Waals surface area (Å²) in [6.45, 7) is 0. The van der Waals surface area contributed by atoms with Crippen LogP contribution in [0.15, 0.2) is 71.8 Å². The molecule has 0 unspecified atom stereocenters. The van der Waals surface area contributed by atoms with Crippen LogP contribution in [-0.2, 0) is 10.0 Å². The van der Waals surface area contributed by atoms with E-state index in [2.05, 4.69) is 9.71 Å². The number of benzene rings is 2. The van der Waals surface area contributed by atoms with Crippen molar-refractivity contribution in [1.29, 1.82) is 0 Å². The average Bonchev–Trinajstić information content (AvgIpc) is 2.68. The first-order chi connectivity index (χ1) is 13.4. The smallest absolute Gasteiger partial charge is 0.261 e. The number of nitrogens with two attached hydrogens (primary N) is 1. The van der Waals surface area contributed by atoms with Gasteiger partial charge in [0.1, 0.15) is 11.5 Å². The molecule has 0 bridgehead atoms. The lowest BCUT2D eigenvalue weighted by molar-refractivity contribution is 0.0997. The number of carbonyl (C=O) groups excluding carboxylic acids is 1. The largest absolute Gasteiger partial charge is 0.496 e. The fourth-order valence-electron chi connectivity index (χ4n) is 2.41. The molecule has 3 aromatic rings. The van der Waals surface area contributed by atoms with Crippen molar-refractivity contribution < 1.29 is 22.7 Å². The zero-order valence-electron chi connectivity index (χ0n) is 14.8. The monoisotopic (exact) mass is 399 g/mol. The Morgan fingerprint density at radius 2 is 1.89 bits per heavy atom. The molecule has 144 valence electrons. The van der Waals surface area contributed by atoms with Crippen molar-refractivity contribution in [2.24, 2.45) is 5.73 Å².